The molecule has 0 aromatic carbocycles. The molecule has 0 radical (unpaired) electrons. The highest BCUT2D eigenvalue weighted by Crippen LogP contribution is 2.31. The lowest BCUT2D eigenvalue weighted by molar-refractivity contribution is 0.295. The number of hydrogen-bond acceptors (Lipinski definition) is 3. The summed E-state index contributed by atoms with van der Waals surface area (Å²) in [4.78, 5) is 7.39. The van der Waals surface area contributed by atoms with Gasteiger partial charge in [-0.2, -0.15) is 0 Å². The van der Waals surface area contributed by atoms with Crippen LogP contribution in [-0.2, 0) is 13.0 Å². The van der Waals surface area contributed by atoms with E-state index in [4.69, 9.17) is 4.98 Å². The van der Waals surface area contributed by atoms with E-state index in [2.05, 4.69) is 50.0 Å². The fourth-order valence-corrected chi connectivity index (χ4v) is 3.29. The van der Waals surface area contributed by atoms with Crippen LogP contribution in [0.25, 0.3) is 0 Å². The van der Waals surface area contributed by atoms with Crippen molar-refractivity contribution in [1.82, 2.24) is 10.3 Å². The number of pyridine rings is 1. The van der Waals surface area contributed by atoms with E-state index in [-0.39, 0.29) is 0 Å². The Bertz CT molecular complexity index is 444. The third kappa shape index (κ3) is 3.32. The molecule has 112 valence electrons. The second-order valence-electron chi connectivity index (χ2n) is 6.42. The molecule has 20 heavy (non-hydrogen) atoms. The van der Waals surface area contributed by atoms with Crippen molar-refractivity contribution >= 4 is 5.82 Å². The average Bonchev–Trinajstić information content (AvgIpc) is 2.42. The lowest BCUT2D eigenvalue weighted by Gasteiger charge is -2.42. The van der Waals surface area contributed by atoms with E-state index >= 15 is 0 Å². The van der Waals surface area contributed by atoms with Crippen molar-refractivity contribution in [3.63, 3.8) is 0 Å². The topological polar surface area (TPSA) is 28.2 Å². The van der Waals surface area contributed by atoms with Crippen LogP contribution >= 0.6 is 0 Å². The van der Waals surface area contributed by atoms with Crippen LogP contribution in [0.3, 0.4) is 0 Å². The van der Waals surface area contributed by atoms with Gasteiger partial charge < -0.3 is 10.2 Å². The summed E-state index contributed by atoms with van der Waals surface area (Å²) in [6.07, 6.45) is 2.33. The smallest absolute Gasteiger partial charge is 0.129 e. The molecule has 3 atom stereocenters. The number of nitrogens with one attached hydrogen (secondary N) is 1. The van der Waals surface area contributed by atoms with E-state index in [9.17, 15) is 0 Å². The number of nitrogens with zero attached hydrogens (tertiary/aromatic N) is 2. The van der Waals surface area contributed by atoms with Crippen LogP contribution in [0.2, 0.25) is 0 Å². The third-order valence-electron chi connectivity index (χ3n) is 4.56. The SMILES string of the molecule is CCc1cc(CNC)cc(N2CC(C)CC(C)C2C)n1. The summed E-state index contributed by atoms with van der Waals surface area (Å²) in [7, 11) is 2.00. The monoisotopic (exact) mass is 275 g/mol. The van der Waals surface area contributed by atoms with Crippen molar-refractivity contribution in [3.05, 3.63) is 23.4 Å². The zero-order chi connectivity index (χ0) is 14.7. The van der Waals surface area contributed by atoms with Crippen molar-refractivity contribution in [2.75, 3.05) is 18.5 Å². The summed E-state index contributed by atoms with van der Waals surface area (Å²) < 4.78 is 0. The van der Waals surface area contributed by atoms with Crippen LogP contribution in [0.5, 0.6) is 0 Å². The first-order chi connectivity index (χ1) is 9.55. The Hall–Kier alpha value is -1.09. The number of rotatable bonds is 4. The molecule has 2 rings (SSSR count). The quantitative estimate of drug-likeness (QED) is 0.914. The van der Waals surface area contributed by atoms with E-state index in [0.717, 1.165) is 31.3 Å². The number of aromatic nitrogens is 1. The fourth-order valence-electron chi connectivity index (χ4n) is 3.29. The summed E-state index contributed by atoms with van der Waals surface area (Å²) in [6.45, 7) is 11.3. The second kappa shape index (κ2) is 6.57. The van der Waals surface area contributed by atoms with Crippen molar-refractivity contribution in [2.24, 2.45) is 11.8 Å². The van der Waals surface area contributed by atoms with E-state index in [1.807, 2.05) is 7.05 Å². The van der Waals surface area contributed by atoms with Gasteiger partial charge in [0.2, 0.25) is 0 Å². The molecule has 1 saturated heterocycles. The first-order valence-electron chi connectivity index (χ1n) is 7.96. The molecule has 3 nitrogen and oxygen atoms in total. The van der Waals surface area contributed by atoms with Crippen molar-refractivity contribution in [3.8, 4) is 0 Å². The van der Waals surface area contributed by atoms with Gasteiger partial charge in [-0.1, -0.05) is 20.8 Å². The van der Waals surface area contributed by atoms with Gasteiger partial charge in [0.05, 0.1) is 0 Å². The van der Waals surface area contributed by atoms with Crippen molar-refractivity contribution in [2.45, 2.75) is 53.1 Å². The Kier molecular flexibility index (Phi) is 5.03. The molecule has 1 aliphatic rings. The molecule has 1 aromatic rings. The number of piperidine rings is 1. The Morgan fingerprint density at radius 3 is 2.70 bits per heavy atom. The van der Waals surface area contributed by atoms with Crippen LogP contribution in [0.15, 0.2) is 12.1 Å². The molecular weight excluding hydrogens is 246 g/mol. The first-order valence-corrected chi connectivity index (χ1v) is 7.96. The minimum atomic E-state index is 0.577. The van der Waals surface area contributed by atoms with Gasteiger partial charge in [0.1, 0.15) is 5.82 Å². The minimum absolute atomic E-state index is 0.577. The van der Waals surface area contributed by atoms with Crippen LogP contribution < -0.4 is 10.2 Å². The summed E-state index contributed by atoms with van der Waals surface area (Å²) in [5, 5.41) is 3.25. The Labute approximate surface area is 123 Å². The summed E-state index contributed by atoms with van der Waals surface area (Å²) >= 11 is 0. The van der Waals surface area contributed by atoms with Crippen LogP contribution in [0, 0.1) is 11.8 Å². The van der Waals surface area contributed by atoms with E-state index < -0.39 is 0 Å². The summed E-state index contributed by atoms with van der Waals surface area (Å²) in [5.74, 6) is 2.65. The molecule has 0 bridgehead atoms. The maximum Gasteiger partial charge on any atom is 0.129 e. The lowest BCUT2D eigenvalue weighted by atomic mass is 9.86. The van der Waals surface area contributed by atoms with Gasteiger partial charge in [0.15, 0.2) is 0 Å². The highest BCUT2D eigenvalue weighted by molar-refractivity contribution is 5.44. The Morgan fingerprint density at radius 1 is 1.30 bits per heavy atom. The Morgan fingerprint density at radius 2 is 2.05 bits per heavy atom. The first kappa shape index (κ1) is 15.3. The second-order valence-corrected chi connectivity index (χ2v) is 6.42. The highest BCUT2D eigenvalue weighted by Gasteiger charge is 2.29. The average molecular weight is 275 g/mol. The standard InChI is InChI=1S/C17H29N3/c1-6-16-8-15(10-18-5)9-17(19-16)20-11-12(2)7-13(3)14(20)4/h8-9,12-14,18H,6-7,10-11H2,1-5H3. The molecule has 0 saturated carbocycles. The van der Waals surface area contributed by atoms with Crippen molar-refractivity contribution < 1.29 is 0 Å². The summed E-state index contributed by atoms with van der Waals surface area (Å²) in [6, 6.07) is 5.06. The fraction of sp³-hybridized carbons (Fsp3) is 0.706. The maximum atomic E-state index is 4.88. The third-order valence-corrected chi connectivity index (χ3v) is 4.56. The van der Waals surface area contributed by atoms with Crippen LogP contribution in [0.1, 0.15) is 45.4 Å². The van der Waals surface area contributed by atoms with Gasteiger partial charge in [-0.15, -0.1) is 0 Å². The molecule has 3 heteroatoms. The van der Waals surface area contributed by atoms with E-state index in [1.54, 1.807) is 0 Å². The molecular formula is C17H29N3. The minimum Gasteiger partial charge on any atom is -0.353 e. The van der Waals surface area contributed by atoms with Gasteiger partial charge in [0, 0.05) is 24.8 Å². The molecule has 2 heterocycles. The molecule has 0 amide bonds. The van der Waals surface area contributed by atoms with Gasteiger partial charge in [-0.25, -0.2) is 4.98 Å². The van der Waals surface area contributed by atoms with Crippen molar-refractivity contribution in [1.29, 1.82) is 0 Å². The van der Waals surface area contributed by atoms with Gasteiger partial charge in [-0.05, 0) is 56.3 Å². The zero-order valence-corrected chi connectivity index (χ0v) is 13.6. The number of aryl methyl sites for hydroxylation is 1. The number of anilines is 1. The van der Waals surface area contributed by atoms with E-state index in [1.165, 1.54) is 23.5 Å². The van der Waals surface area contributed by atoms with Crippen LogP contribution in [0.4, 0.5) is 5.82 Å². The maximum absolute atomic E-state index is 4.88. The van der Waals surface area contributed by atoms with Crippen LogP contribution in [-0.4, -0.2) is 24.6 Å². The molecule has 1 aromatic heterocycles. The van der Waals surface area contributed by atoms with E-state index in [0.29, 0.717) is 6.04 Å². The van der Waals surface area contributed by atoms with Gasteiger partial charge in [0.25, 0.3) is 0 Å². The molecule has 0 aliphatic carbocycles. The molecule has 3 unspecified atom stereocenters. The van der Waals surface area contributed by atoms with Gasteiger partial charge >= 0.3 is 0 Å². The zero-order valence-electron chi connectivity index (χ0n) is 13.6. The molecule has 0 spiro atoms. The number of hydrogen-bond donors (Lipinski definition) is 1. The Balaban J connectivity index is 2.32. The normalized spacial score (nSPS) is 26.9. The van der Waals surface area contributed by atoms with Gasteiger partial charge in [-0.3, -0.25) is 0 Å². The lowest BCUT2D eigenvalue weighted by Crippen LogP contribution is -2.46. The molecule has 1 fully saturated rings. The largest absolute Gasteiger partial charge is 0.353 e. The summed E-state index contributed by atoms with van der Waals surface area (Å²) in [5.41, 5.74) is 2.54. The predicted molar refractivity (Wildman–Crippen MR) is 86.1 cm³/mol. The highest BCUT2D eigenvalue weighted by atomic mass is 15.2. The predicted octanol–water partition coefficient (Wildman–Crippen LogP) is 3.23. The molecule has 1 N–H and O–H groups in total. The molecule has 1 aliphatic heterocycles.